The molecule has 1 aliphatic carbocycles. The van der Waals surface area contributed by atoms with E-state index in [0.29, 0.717) is 21.9 Å². The predicted octanol–water partition coefficient (Wildman–Crippen LogP) is 3.56. The van der Waals surface area contributed by atoms with E-state index in [-0.39, 0.29) is 11.0 Å². The summed E-state index contributed by atoms with van der Waals surface area (Å²) >= 11 is 6.80. The van der Waals surface area contributed by atoms with Crippen LogP contribution in [0.5, 0.6) is 5.75 Å². The van der Waals surface area contributed by atoms with Gasteiger partial charge >= 0.3 is 0 Å². The Bertz CT molecular complexity index is 937. The SMILES string of the molecule is COc1c(C)cccc1C(=O)NC(=S)Nc1sc2c(c1C(N)=O)CCCCC2. The molecule has 2 aromatic rings. The number of methoxy groups -OCH3 is 1. The van der Waals surface area contributed by atoms with Gasteiger partial charge < -0.3 is 15.8 Å². The van der Waals surface area contributed by atoms with E-state index in [2.05, 4.69) is 10.6 Å². The highest BCUT2D eigenvalue weighted by Crippen LogP contribution is 2.37. The maximum Gasteiger partial charge on any atom is 0.261 e. The molecule has 1 aliphatic rings. The number of ether oxygens (including phenoxy) is 1. The fraction of sp³-hybridized carbons (Fsp3) is 0.350. The number of hydrogen-bond acceptors (Lipinski definition) is 5. The number of anilines is 1. The number of para-hydroxylation sites is 1. The number of aryl methyl sites for hydroxylation is 2. The van der Waals surface area contributed by atoms with Crippen LogP contribution in [-0.2, 0) is 12.8 Å². The summed E-state index contributed by atoms with van der Waals surface area (Å²) in [5.74, 6) is -0.350. The van der Waals surface area contributed by atoms with E-state index in [0.717, 1.165) is 43.2 Å². The first-order valence-electron chi connectivity index (χ1n) is 9.12. The van der Waals surface area contributed by atoms with Crippen molar-refractivity contribution in [1.82, 2.24) is 5.32 Å². The molecule has 0 spiro atoms. The van der Waals surface area contributed by atoms with E-state index in [1.807, 2.05) is 13.0 Å². The smallest absolute Gasteiger partial charge is 0.261 e. The fourth-order valence-corrected chi connectivity index (χ4v) is 5.06. The number of carbonyl (C=O) groups is 2. The lowest BCUT2D eigenvalue weighted by molar-refractivity contribution is 0.0972. The average molecular weight is 418 g/mol. The van der Waals surface area contributed by atoms with Gasteiger partial charge in [-0.15, -0.1) is 11.3 Å². The zero-order valence-corrected chi connectivity index (χ0v) is 17.5. The maximum atomic E-state index is 12.6. The van der Waals surface area contributed by atoms with Gasteiger partial charge in [0.25, 0.3) is 11.8 Å². The van der Waals surface area contributed by atoms with Crippen molar-refractivity contribution in [2.24, 2.45) is 5.73 Å². The predicted molar refractivity (Wildman–Crippen MR) is 116 cm³/mol. The van der Waals surface area contributed by atoms with Crippen LogP contribution < -0.4 is 21.1 Å². The molecule has 0 fully saturated rings. The topological polar surface area (TPSA) is 93.4 Å². The van der Waals surface area contributed by atoms with Crippen LogP contribution >= 0.6 is 23.6 Å². The molecule has 1 heterocycles. The van der Waals surface area contributed by atoms with Crippen LogP contribution in [0.4, 0.5) is 5.00 Å². The van der Waals surface area contributed by atoms with E-state index in [1.54, 1.807) is 12.1 Å². The number of thiophene rings is 1. The van der Waals surface area contributed by atoms with Crippen LogP contribution in [0.3, 0.4) is 0 Å². The second-order valence-corrected chi connectivity index (χ2v) is 8.21. The summed E-state index contributed by atoms with van der Waals surface area (Å²) < 4.78 is 5.33. The standard InChI is InChI=1S/C20H23N3O3S2/c1-11-7-6-9-13(16(11)26-2)18(25)22-20(27)23-19-15(17(21)24)12-8-4-3-5-10-14(12)28-19/h6-7,9H,3-5,8,10H2,1-2H3,(H2,21,24)(H2,22,23,25,27). The second kappa shape index (κ2) is 8.70. The molecule has 148 valence electrons. The molecule has 6 nitrogen and oxygen atoms in total. The van der Waals surface area contributed by atoms with E-state index in [4.69, 9.17) is 22.7 Å². The monoisotopic (exact) mass is 417 g/mol. The Morgan fingerprint density at radius 3 is 2.68 bits per heavy atom. The molecule has 1 aromatic heterocycles. The van der Waals surface area contributed by atoms with Gasteiger partial charge in [0.15, 0.2) is 5.11 Å². The van der Waals surface area contributed by atoms with Crippen molar-refractivity contribution in [2.75, 3.05) is 12.4 Å². The van der Waals surface area contributed by atoms with E-state index in [1.165, 1.54) is 23.3 Å². The summed E-state index contributed by atoms with van der Waals surface area (Å²) in [6.45, 7) is 1.87. The zero-order valence-electron chi connectivity index (χ0n) is 15.9. The minimum Gasteiger partial charge on any atom is -0.496 e. The van der Waals surface area contributed by atoms with Crippen LogP contribution in [0, 0.1) is 6.92 Å². The van der Waals surface area contributed by atoms with Gasteiger partial charge in [-0.1, -0.05) is 18.6 Å². The Kier molecular flexibility index (Phi) is 6.31. The number of fused-ring (bicyclic) bond motifs is 1. The largest absolute Gasteiger partial charge is 0.496 e. The van der Waals surface area contributed by atoms with Gasteiger partial charge in [-0.25, -0.2) is 0 Å². The van der Waals surface area contributed by atoms with Gasteiger partial charge in [-0.2, -0.15) is 0 Å². The number of thiocarbonyl (C=S) groups is 1. The number of amides is 2. The molecule has 2 amide bonds. The van der Waals surface area contributed by atoms with Crippen LogP contribution in [-0.4, -0.2) is 24.0 Å². The molecule has 0 saturated heterocycles. The molecule has 3 rings (SSSR count). The molecule has 0 atom stereocenters. The molecule has 4 N–H and O–H groups in total. The Hall–Kier alpha value is -2.45. The highest BCUT2D eigenvalue weighted by Gasteiger charge is 2.24. The Morgan fingerprint density at radius 1 is 1.21 bits per heavy atom. The van der Waals surface area contributed by atoms with E-state index in [9.17, 15) is 9.59 Å². The third kappa shape index (κ3) is 4.18. The van der Waals surface area contributed by atoms with Crippen LogP contribution in [0.2, 0.25) is 0 Å². The Morgan fingerprint density at radius 2 is 1.96 bits per heavy atom. The van der Waals surface area contributed by atoms with Crippen LogP contribution in [0.15, 0.2) is 18.2 Å². The van der Waals surface area contributed by atoms with Gasteiger partial charge in [0.1, 0.15) is 10.8 Å². The fourth-order valence-electron chi connectivity index (χ4n) is 3.50. The van der Waals surface area contributed by atoms with Gasteiger partial charge in [0.2, 0.25) is 0 Å². The molecule has 8 heteroatoms. The summed E-state index contributed by atoms with van der Waals surface area (Å²) in [5.41, 5.74) is 8.40. The Labute approximate surface area is 173 Å². The van der Waals surface area contributed by atoms with Crippen LogP contribution in [0.25, 0.3) is 0 Å². The summed E-state index contributed by atoms with van der Waals surface area (Å²) in [5, 5.41) is 6.38. The van der Waals surface area contributed by atoms with Gasteiger partial charge in [0, 0.05) is 4.88 Å². The van der Waals surface area contributed by atoms with Crippen molar-refractivity contribution in [3.05, 3.63) is 45.3 Å². The minimum absolute atomic E-state index is 0.118. The third-order valence-electron chi connectivity index (χ3n) is 4.78. The highest BCUT2D eigenvalue weighted by atomic mass is 32.1. The highest BCUT2D eigenvalue weighted by molar-refractivity contribution is 7.80. The molecule has 0 unspecified atom stereocenters. The minimum atomic E-state index is -0.476. The maximum absolute atomic E-state index is 12.6. The summed E-state index contributed by atoms with van der Waals surface area (Å²) in [6, 6.07) is 5.32. The molecule has 0 aliphatic heterocycles. The number of rotatable bonds is 4. The first kappa shape index (κ1) is 20.3. The lowest BCUT2D eigenvalue weighted by Gasteiger charge is -2.13. The molecule has 0 saturated carbocycles. The van der Waals surface area contributed by atoms with Crippen molar-refractivity contribution in [3.63, 3.8) is 0 Å². The van der Waals surface area contributed by atoms with Crippen molar-refractivity contribution >= 4 is 45.5 Å². The lowest BCUT2D eigenvalue weighted by atomic mass is 10.1. The normalized spacial score (nSPS) is 13.2. The third-order valence-corrected chi connectivity index (χ3v) is 6.19. The van der Waals surface area contributed by atoms with Crippen LogP contribution in [0.1, 0.15) is 56.0 Å². The van der Waals surface area contributed by atoms with Gasteiger partial charge in [0.05, 0.1) is 18.2 Å². The molecular formula is C20H23N3O3S2. The molecule has 1 aromatic carbocycles. The quantitative estimate of drug-likeness (QED) is 0.522. The zero-order chi connectivity index (χ0) is 20.3. The number of nitrogens with one attached hydrogen (secondary N) is 2. The van der Waals surface area contributed by atoms with Crippen molar-refractivity contribution < 1.29 is 14.3 Å². The Balaban J connectivity index is 1.80. The number of hydrogen-bond donors (Lipinski definition) is 3. The van der Waals surface area contributed by atoms with Crippen molar-refractivity contribution in [1.29, 1.82) is 0 Å². The van der Waals surface area contributed by atoms with Crippen molar-refractivity contribution in [3.8, 4) is 5.75 Å². The first-order chi connectivity index (χ1) is 13.4. The van der Waals surface area contributed by atoms with Crippen molar-refractivity contribution in [2.45, 2.75) is 39.0 Å². The first-order valence-corrected chi connectivity index (χ1v) is 10.3. The number of carbonyl (C=O) groups excluding carboxylic acids is 2. The molecule has 0 radical (unpaired) electrons. The average Bonchev–Trinajstić information content (AvgIpc) is 2.82. The van der Waals surface area contributed by atoms with Gasteiger partial charge in [-0.3, -0.25) is 14.9 Å². The number of primary amides is 1. The molecular weight excluding hydrogens is 394 g/mol. The number of benzene rings is 1. The summed E-state index contributed by atoms with van der Waals surface area (Å²) in [6.07, 6.45) is 5.05. The number of nitrogens with two attached hydrogens (primary N) is 1. The molecule has 0 bridgehead atoms. The molecule has 28 heavy (non-hydrogen) atoms. The van der Waals surface area contributed by atoms with Gasteiger partial charge in [-0.05, 0) is 62.0 Å². The van der Waals surface area contributed by atoms with E-state index < -0.39 is 5.91 Å². The van der Waals surface area contributed by atoms with E-state index >= 15 is 0 Å². The summed E-state index contributed by atoms with van der Waals surface area (Å²) in [7, 11) is 1.52. The lowest BCUT2D eigenvalue weighted by Crippen LogP contribution is -2.34. The second-order valence-electron chi connectivity index (χ2n) is 6.70. The summed E-state index contributed by atoms with van der Waals surface area (Å²) in [4.78, 5) is 25.9.